The fraction of sp³-hybridized carbons (Fsp3) is 0.586. The third-order valence-corrected chi connectivity index (χ3v) is 6.75. The number of fused-ring (bicyclic) bond motifs is 1. The van der Waals surface area contributed by atoms with Crippen molar-refractivity contribution in [3.8, 4) is 0 Å². The van der Waals surface area contributed by atoms with Gasteiger partial charge in [-0.3, -0.25) is 4.79 Å². The molecule has 1 unspecified atom stereocenters. The van der Waals surface area contributed by atoms with E-state index in [0.29, 0.717) is 6.42 Å². The summed E-state index contributed by atoms with van der Waals surface area (Å²) in [6.07, 6.45) is 22.9. The van der Waals surface area contributed by atoms with Gasteiger partial charge in [0.05, 0.1) is 6.04 Å². The Labute approximate surface area is 195 Å². The molecule has 0 radical (unpaired) electrons. The number of aromatic nitrogens is 1. The maximum absolute atomic E-state index is 12.5. The van der Waals surface area contributed by atoms with E-state index < -0.39 is 0 Å². The number of ketones is 1. The molecule has 0 bridgehead atoms. The van der Waals surface area contributed by atoms with E-state index in [1.807, 2.05) is 24.3 Å². The van der Waals surface area contributed by atoms with Gasteiger partial charge in [-0.2, -0.15) is 0 Å². The normalized spacial score (nSPS) is 15.4. The second kappa shape index (κ2) is 14.1. The molecule has 0 saturated heterocycles. The lowest BCUT2D eigenvalue weighted by Gasteiger charge is -2.25. The van der Waals surface area contributed by atoms with Gasteiger partial charge in [-0.05, 0) is 24.6 Å². The van der Waals surface area contributed by atoms with Crippen molar-refractivity contribution in [3.05, 3.63) is 59.9 Å². The second-order valence-electron chi connectivity index (χ2n) is 9.49. The topological polar surface area (TPSA) is 33.0 Å². The highest BCUT2D eigenvalue weighted by Crippen LogP contribution is 2.31. The number of hydrogen-bond donors (Lipinski definition) is 1. The minimum Gasteiger partial charge on any atom is -0.377 e. The first-order valence-electron chi connectivity index (χ1n) is 13.2. The number of aryl methyl sites for hydroxylation is 1. The van der Waals surface area contributed by atoms with Crippen LogP contribution in [0.15, 0.2) is 48.8 Å². The quantitative estimate of drug-likeness (QED) is 0.229. The molecule has 3 rings (SSSR count). The summed E-state index contributed by atoms with van der Waals surface area (Å²) >= 11 is 0. The molecule has 2 heterocycles. The maximum Gasteiger partial charge on any atom is 0.174 e. The van der Waals surface area contributed by atoms with Crippen LogP contribution < -0.4 is 9.88 Å². The van der Waals surface area contributed by atoms with Crippen LogP contribution in [0.4, 0.5) is 5.69 Å². The summed E-state index contributed by atoms with van der Waals surface area (Å²) in [5, 5.41) is 3.55. The number of hydrogen-bond acceptors (Lipinski definition) is 2. The fourth-order valence-corrected chi connectivity index (χ4v) is 4.79. The second-order valence-corrected chi connectivity index (χ2v) is 9.49. The number of rotatable bonds is 15. The number of nitrogens with one attached hydrogen (secondary N) is 1. The average molecular weight is 436 g/mol. The predicted molar refractivity (Wildman–Crippen MR) is 134 cm³/mol. The number of anilines is 1. The van der Waals surface area contributed by atoms with Crippen molar-refractivity contribution in [2.45, 2.75) is 109 Å². The first-order chi connectivity index (χ1) is 15.8. The molecule has 1 aromatic heterocycles. The van der Waals surface area contributed by atoms with Gasteiger partial charge in [-0.15, -0.1) is 0 Å². The Morgan fingerprint density at radius 3 is 2.12 bits per heavy atom. The average Bonchev–Trinajstić information content (AvgIpc) is 2.82. The van der Waals surface area contributed by atoms with Crippen LogP contribution in [-0.4, -0.2) is 5.78 Å². The van der Waals surface area contributed by atoms with E-state index in [9.17, 15) is 4.79 Å². The molecular formula is C29H43N2O+. The van der Waals surface area contributed by atoms with Crippen LogP contribution in [0.2, 0.25) is 0 Å². The number of Topliss-reactive ketones (excluding diaryl/α,β-unsaturated/α-hetero) is 1. The molecule has 1 aliphatic rings. The Balaban J connectivity index is 1.29. The molecule has 0 amide bonds. The highest BCUT2D eigenvalue weighted by atomic mass is 16.1. The predicted octanol–water partition coefficient (Wildman–Crippen LogP) is 7.80. The molecule has 3 nitrogen and oxygen atoms in total. The summed E-state index contributed by atoms with van der Waals surface area (Å²) in [7, 11) is 0. The number of pyridine rings is 1. The number of para-hydroxylation sites is 1. The van der Waals surface area contributed by atoms with E-state index in [2.05, 4.69) is 41.3 Å². The lowest BCUT2D eigenvalue weighted by atomic mass is 9.93. The molecule has 0 fully saturated rings. The summed E-state index contributed by atoms with van der Waals surface area (Å²) in [4.78, 5) is 12.5. The van der Waals surface area contributed by atoms with Crippen molar-refractivity contribution in [3.63, 3.8) is 0 Å². The van der Waals surface area contributed by atoms with E-state index in [0.717, 1.165) is 17.8 Å². The van der Waals surface area contributed by atoms with Crippen LogP contribution in [0.3, 0.4) is 0 Å². The van der Waals surface area contributed by atoms with Gasteiger partial charge in [0.15, 0.2) is 18.2 Å². The molecule has 1 N–H and O–H groups in total. The van der Waals surface area contributed by atoms with Crippen molar-refractivity contribution < 1.29 is 9.36 Å². The van der Waals surface area contributed by atoms with Crippen molar-refractivity contribution in [1.82, 2.24) is 0 Å². The van der Waals surface area contributed by atoms with Crippen LogP contribution in [0.5, 0.6) is 0 Å². The van der Waals surface area contributed by atoms with Gasteiger partial charge in [0.1, 0.15) is 6.54 Å². The minimum atomic E-state index is 0.0662. The molecule has 32 heavy (non-hydrogen) atoms. The Kier molecular flexibility index (Phi) is 10.8. The van der Waals surface area contributed by atoms with Gasteiger partial charge in [0.2, 0.25) is 0 Å². The minimum absolute atomic E-state index is 0.0662. The van der Waals surface area contributed by atoms with Crippen LogP contribution >= 0.6 is 0 Å². The zero-order valence-electron chi connectivity index (χ0n) is 20.2. The van der Waals surface area contributed by atoms with Crippen LogP contribution in [0.25, 0.3) is 0 Å². The van der Waals surface area contributed by atoms with Crippen molar-refractivity contribution in [2.75, 3.05) is 5.32 Å². The molecule has 1 atom stereocenters. The molecule has 0 aliphatic carbocycles. The Morgan fingerprint density at radius 2 is 1.44 bits per heavy atom. The lowest BCUT2D eigenvalue weighted by Crippen LogP contribution is -2.34. The first kappa shape index (κ1) is 24.5. The molecule has 174 valence electrons. The summed E-state index contributed by atoms with van der Waals surface area (Å²) < 4.78 is 2.29. The van der Waals surface area contributed by atoms with E-state index in [1.54, 1.807) is 0 Å². The van der Waals surface area contributed by atoms with Crippen LogP contribution in [0.1, 0.15) is 119 Å². The van der Waals surface area contributed by atoms with E-state index in [-0.39, 0.29) is 11.8 Å². The first-order valence-corrected chi connectivity index (χ1v) is 13.2. The van der Waals surface area contributed by atoms with E-state index in [1.165, 1.54) is 89.0 Å². The molecule has 3 heteroatoms. The third kappa shape index (κ3) is 8.07. The lowest BCUT2D eigenvalue weighted by molar-refractivity contribution is -0.697. The van der Waals surface area contributed by atoms with E-state index >= 15 is 0 Å². The zero-order valence-corrected chi connectivity index (χ0v) is 20.2. The van der Waals surface area contributed by atoms with Gasteiger partial charge in [-0.25, -0.2) is 4.57 Å². The highest BCUT2D eigenvalue weighted by Gasteiger charge is 2.26. The van der Waals surface area contributed by atoms with Gasteiger partial charge in [0, 0.05) is 35.7 Å². The van der Waals surface area contributed by atoms with Crippen LogP contribution in [-0.2, 0) is 6.54 Å². The fourth-order valence-electron chi connectivity index (χ4n) is 4.79. The maximum atomic E-state index is 12.5. The SMILES string of the molecule is CCCCCCCCCCCCCCC[n+]1cccc(C2CC(=O)c3ccccc3N2)c1. The molecule has 1 aromatic carbocycles. The number of carbonyl (C=O) groups is 1. The molecule has 0 spiro atoms. The third-order valence-electron chi connectivity index (χ3n) is 6.75. The monoisotopic (exact) mass is 435 g/mol. The van der Waals surface area contributed by atoms with Crippen LogP contribution in [0, 0.1) is 0 Å². The summed E-state index contributed by atoms with van der Waals surface area (Å²) in [5.41, 5.74) is 2.98. The van der Waals surface area contributed by atoms with Gasteiger partial charge in [-0.1, -0.05) is 89.7 Å². The molecule has 0 saturated carbocycles. The Morgan fingerprint density at radius 1 is 0.812 bits per heavy atom. The van der Waals surface area contributed by atoms with Crippen molar-refractivity contribution in [1.29, 1.82) is 0 Å². The molecular weight excluding hydrogens is 392 g/mol. The standard InChI is InChI=1S/C29H42N2O/c1-2-3-4-5-6-7-8-9-10-11-12-13-16-21-31-22-17-18-25(24-31)28-23-29(32)26-19-14-15-20-27(26)30-28/h14-15,17-20,22,24,28H,2-13,16,21,23H2,1H3/p+1. The van der Waals surface area contributed by atoms with Crippen molar-refractivity contribution in [2.24, 2.45) is 0 Å². The largest absolute Gasteiger partial charge is 0.377 e. The smallest absolute Gasteiger partial charge is 0.174 e. The highest BCUT2D eigenvalue weighted by molar-refractivity contribution is 6.03. The number of carbonyl (C=O) groups excluding carboxylic acids is 1. The molecule has 2 aromatic rings. The zero-order chi connectivity index (χ0) is 22.4. The summed E-state index contributed by atoms with van der Waals surface area (Å²) in [6.45, 7) is 3.34. The van der Waals surface area contributed by atoms with Gasteiger partial charge >= 0.3 is 0 Å². The number of unbranched alkanes of at least 4 members (excludes halogenated alkanes) is 12. The summed E-state index contributed by atoms with van der Waals surface area (Å²) in [6, 6.07) is 12.2. The van der Waals surface area contributed by atoms with Gasteiger partial charge < -0.3 is 5.32 Å². The summed E-state index contributed by atoms with van der Waals surface area (Å²) in [5.74, 6) is 0.233. The Hall–Kier alpha value is -2.16. The molecule has 1 aliphatic heterocycles. The Bertz CT molecular complexity index is 816. The van der Waals surface area contributed by atoms with E-state index in [4.69, 9.17) is 0 Å². The number of nitrogens with zero attached hydrogens (tertiary/aromatic N) is 1. The van der Waals surface area contributed by atoms with Crippen molar-refractivity contribution >= 4 is 11.5 Å². The van der Waals surface area contributed by atoms with Gasteiger partial charge in [0.25, 0.3) is 0 Å². The number of benzene rings is 1.